The number of hydrogen-bond donors (Lipinski definition) is 2. The Bertz CT molecular complexity index is 1250. The van der Waals surface area contributed by atoms with Gasteiger partial charge in [0.2, 0.25) is 5.91 Å². The lowest BCUT2D eigenvalue weighted by Crippen LogP contribution is -2.29. The molecule has 0 radical (unpaired) electrons. The Hall–Kier alpha value is -3.20. The molecule has 2 N–H and O–H groups in total. The molecule has 0 aromatic carbocycles. The van der Waals surface area contributed by atoms with Crippen LogP contribution in [-0.2, 0) is 37.6 Å². The highest BCUT2D eigenvalue weighted by atomic mass is 16.3. The Kier molecular flexibility index (Phi) is 5.59. The van der Waals surface area contributed by atoms with E-state index >= 15 is 0 Å². The molecule has 1 saturated heterocycles. The summed E-state index contributed by atoms with van der Waals surface area (Å²) in [5, 5.41) is 17.4. The van der Waals surface area contributed by atoms with Crippen LogP contribution in [0, 0.1) is 18.8 Å². The van der Waals surface area contributed by atoms with Crippen LogP contribution in [0.1, 0.15) is 52.8 Å². The van der Waals surface area contributed by atoms with Crippen molar-refractivity contribution in [2.75, 3.05) is 24.6 Å². The third kappa shape index (κ3) is 4.33. The number of hydrogen-bond acceptors (Lipinski definition) is 6. The summed E-state index contributed by atoms with van der Waals surface area (Å²) < 4.78 is 3.90. The molecule has 9 nitrogen and oxygen atoms in total. The van der Waals surface area contributed by atoms with E-state index in [9.17, 15) is 9.90 Å². The van der Waals surface area contributed by atoms with E-state index in [1.54, 1.807) is 0 Å². The summed E-state index contributed by atoms with van der Waals surface area (Å²) in [6.07, 6.45) is 7.60. The molecule has 1 saturated carbocycles. The molecule has 9 heteroatoms. The number of nitrogens with one attached hydrogen (secondary N) is 1. The molecule has 6 rings (SSSR count). The number of amides is 1. The molecule has 1 aliphatic heterocycles. The van der Waals surface area contributed by atoms with Crippen molar-refractivity contribution in [2.45, 2.75) is 51.6 Å². The first-order valence-corrected chi connectivity index (χ1v) is 12.7. The van der Waals surface area contributed by atoms with Gasteiger partial charge in [0.05, 0.1) is 36.7 Å². The first-order chi connectivity index (χ1) is 17.0. The van der Waals surface area contributed by atoms with Crippen LogP contribution in [0.15, 0.2) is 24.7 Å². The Morgan fingerprint density at radius 3 is 2.83 bits per heavy atom. The fraction of sp³-hybridized carbons (Fsp3) is 0.538. The van der Waals surface area contributed by atoms with E-state index in [1.807, 2.05) is 28.8 Å². The predicted octanol–water partition coefficient (Wildman–Crippen LogP) is 1.71. The van der Waals surface area contributed by atoms with Crippen LogP contribution in [0.25, 0.3) is 0 Å². The zero-order valence-corrected chi connectivity index (χ0v) is 20.4. The second-order valence-corrected chi connectivity index (χ2v) is 10.4. The van der Waals surface area contributed by atoms with Gasteiger partial charge in [-0.2, -0.15) is 5.10 Å². The third-order valence-corrected chi connectivity index (χ3v) is 7.87. The smallest absolute Gasteiger partial charge is 0.225 e. The number of carbonyl (C=O) groups excluding carboxylic acids is 1. The van der Waals surface area contributed by atoms with Crippen molar-refractivity contribution >= 4 is 11.7 Å². The van der Waals surface area contributed by atoms with Gasteiger partial charge in [0.25, 0.3) is 0 Å². The number of nitrogens with zero attached hydrogens (tertiary/aromatic N) is 6. The molecule has 3 atom stereocenters. The number of pyridine rings is 1. The number of aliphatic hydroxyl groups excluding tert-OH is 1. The topological polar surface area (TPSA) is 101 Å². The van der Waals surface area contributed by atoms with Crippen LogP contribution in [0.5, 0.6) is 0 Å². The molecule has 35 heavy (non-hydrogen) atoms. The molecule has 1 amide bonds. The fourth-order valence-corrected chi connectivity index (χ4v) is 5.77. The number of fused-ring (bicyclic) bond motifs is 2. The number of carbonyl (C=O) groups is 1. The van der Waals surface area contributed by atoms with E-state index < -0.39 is 0 Å². The zero-order valence-electron chi connectivity index (χ0n) is 20.4. The average molecular weight is 476 g/mol. The van der Waals surface area contributed by atoms with Gasteiger partial charge in [0, 0.05) is 56.3 Å². The molecule has 2 unspecified atom stereocenters. The molecular weight excluding hydrogens is 442 g/mol. The van der Waals surface area contributed by atoms with Gasteiger partial charge < -0.3 is 19.9 Å². The van der Waals surface area contributed by atoms with Gasteiger partial charge >= 0.3 is 0 Å². The number of aromatic nitrogens is 5. The molecule has 0 spiro atoms. The van der Waals surface area contributed by atoms with Crippen molar-refractivity contribution < 1.29 is 9.90 Å². The molecule has 2 aliphatic carbocycles. The van der Waals surface area contributed by atoms with Gasteiger partial charge in [-0.25, -0.2) is 9.97 Å². The van der Waals surface area contributed by atoms with Gasteiger partial charge in [-0.15, -0.1) is 0 Å². The number of aliphatic hydroxyl groups is 1. The van der Waals surface area contributed by atoms with E-state index in [0.717, 1.165) is 71.8 Å². The lowest BCUT2D eigenvalue weighted by Gasteiger charge is -2.20. The first-order valence-electron chi connectivity index (χ1n) is 12.7. The van der Waals surface area contributed by atoms with Crippen LogP contribution in [0.2, 0.25) is 0 Å². The normalized spacial score (nSPS) is 22.4. The van der Waals surface area contributed by atoms with Crippen molar-refractivity contribution in [2.24, 2.45) is 18.9 Å². The van der Waals surface area contributed by atoms with Crippen molar-refractivity contribution in [1.82, 2.24) is 29.6 Å². The molecule has 4 heterocycles. The van der Waals surface area contributed by atoms with Gasteiger partial charge in [-0.3, -0.25) is 9.48 Å². The quantitative estimate of drug-likeness (QED) is 0.514. The minimum Gasteiger partial charge on any atom is -0.396 e. The maximum Gasteiger partial charge on any atom is 0.225 e. The van der Waals surface area contributed by atoms with Crippen molar-refractivity contribution in [3.63, 3.8) is 0 Å². The Morgan fingerprint density at radius 1 is 1.23 bits per heavy atom. The van der Waals surface area contributed by atoms with E-state index in [2.05, 4.69) is 34.3 Å². The van der Waals surface area contributed by atoms with Crippen molar-refractivity contribution in [3.05, 3.63) is 58.6 Å². The maximum atomic E-state index is 12.9. The van der Waals surface area contributed by atoms with E-state index in [0.29, 0.717) is 13.0 Å². The number of piperidine rings is 1. The van der Waals surface area contributed by atoms with Gasteiger partial charge in [0.15, 0.2) is 0 Å². The predicted molar refractivity (Wildman–Crippen MR) is 131 cm³/mol. The minimum absolute atomic E-state index is 0.00133. The average Bonchev–Trinajstić information content (AvgIpc) is 3.22. The Balaban J connectivity index is 1.13. The summed E-state index contributed by atoms with van der Waals surface area (Å²) in [6.45, 7) is 4.90. The Morgan fingerprint density at radius 2 is 2.06 bits per heavy atom. The van der Waals surface area contributed by atoms with Crippen molar-refractivity contribution in [1.29, 1.82) is 0 Å². The lowest BCUT2D eigenvalue weighted by molar-refractivity contribution is -0.121. The van der Waals surface area contributed by atoms with E-state index in [4.69, 9.17) is 10.1 Å². The zero-order chi connectivity index (χ0) is 24.1. The monoisotopic (exact) mass is 475 g/mol. The summed E-state index contributed by atoms with van der Waals surface area (Å²) in [5.41, 5.74) is 5.92. The number of imidazole rings is 1. The largest absolute Gasteiger partial charge is 0.396 e. The molecule has 0 bridgehead atoms. The summed E-state index contributed by atoms with van der Waals surface area (Å²) in [4.78, 5) is 24.6. The highest BCUT2D eigenvalue weighted by molar-refractivity contribution is 5.79. The molecule has 3 aromatic heterocycles. The fourth-order valence-electron chi connectivity index (χ4n) is 5.77. The molecule has 2 fully saturated rings. The first kappa shape index (κ1) is 22.3. The van der Waals surface area contributed by atoms with Crippen molar-refractivity contribution in [3.8, 4) is 0 Å². The summed E-state index contributed by atoms with van der Waals surface area (Å²) in [5.74, 6) is 2.78. The van der Waals surface area contributed by atoms with Crippen LogP contribution in [-0.4, -0.2) is 55.0 Å². The van der Waals surface area contributed by atoms with Crippen LogP contribution >= 0.6 is 0 Å². The number of rotatable bonds is 8. The molecular formula is C26H33N7O2. The van der Waals surface area contributed by atoms with Gasteiger partial charge in [-0.1, -0.05) is 6.07 Å². The van der Waals surface area contributed by atoms with E-state index in [-0.39, 0.29) is 25.0 Å². The third-order valence-electron chi connectivity index (χ3n) is 7.87. The summed E-state index contributed by atoms with van der Waals surface area (Å²) in [7, 11) is 1.99. The van der Waals surface area contributed by atoms with Gasteiger partial charge in [0.1, 0.15) is 5.82 Å². The van der Waals surface area contributed by atoms with E-state index in [1.165, 1.54) is 12.1 Å². The van der Waals surface area contributed by atoms with Crippen LogP contribution < -0.4 is 10.2 Å². The second-order valence-electron chi connectivity index (χ2n) is 10.4. The Labute approximate surface area is 205 Å². The highest BCUT2D eigenvalue weighted by Crippen LogP contribution is 2.46. The SMILES string of the molecule is Cc1nc(N2CC3CC3C2)ccc1Cn1cc(CC(=O)N[C@@H]2CCc3c2ncn3C)c(CCO)n1. The second kappa shape index (κ2) is 8.78. The summed E-state index contributed by atoms with van der Waals surface area (Å²) in [6, 6.07) is 4.22. The number of anilines is 1. The summed E-state index contributed by atoms with van der Waals surface area (Å²) >= 11 is 0. The van der Waals surface area contributed by atoms with Crippen LogP contribution in [0.3, 0.4) is 0 Å². The highest BCUT2D eigenvalue weighted by Gasteiger charge is 2.45. The standard InChI is InChI=1S/C26H33N7O2/c1-16-17(3-6-24(28-16)32-11-18-9-19(18)12-32)13-33-14-20(21(30-33)7-8-34)10-25(35)29-22-4-5-23-26(22)27-15-31(23)2/h3,6,14-15,18-19,22,34H,4-5,7-13H2,1-2H3,(H,29,35)/t18?,19?,22-/m1/s1. The molecule has 3 aromatic rings. The molecule has 3 aliphatic rings. The maximum absolute atomic E-state index is 12.9. The minimum atomic E-state index is -0.0434. The number of aryl methyl sites for hydroxylation is 2. The van der Waals surface area contributed by atoms with Gasteiger partial charge in [-0.05, 0) is 49.7 Å². The van der Waals surface area contributed by atoms with Crippen LogP contribution in [0.4, 0.5) is 5.82 Å². The lowest BCUT2D eigenvalue weighted by atomic mass is 10.1. The molecule has 184 valence electrons.